The van der Waals surface area contributed by atoms with Crippen LogP contribution in [0.15, 0.2) is 30.3 Å². The number of aromatic nitrogens is 3. The molecule has 1 heterocycles. The lowest BCUT2D eigenvalue weighted by Crippen LogP contribution is -2.31. The number of carbonyl (C=O) groups is 1. The van der Waals surface area contributed by atoms with Crippen LogP contribution in [0.1, 0.15) is 22.0 Å². The first kappa shape index (κ1) is 12.8. The number of aromatic amines is 1. The van der Waals surface area contributed by atoms with Gasteiger partial charge in [0.25, 0.3) is 5.91 Å². The highest BCUT2D eigenvalue weighted by atomic mass is 16.2. The summed E-state index contributed by atoms with van der Waals surface area (Å²) in [5, 5.41) is 15.3. The average molecular weight is 255 g/mol. The number of amides is 1. The van der Waals surface area contributed by atoms with Crippen LogP contribution in [0, 0.1) is 18.3 Å². The Bertz CT molecular complexity index is 599. The standard InChI is InChI=1S/C13H13N5O/c1-10-15-12(17-16-10)13(19)18(8-7-14)9-11-5-3-2-4-6-11/h2-6H,8-9H2,1H3,(H,15,16,17). The van der Waals surface area contributed by atoms with Gasteiger partial charge in [-0.2, -0.15) is 5.26 Å². The van der Waals surface area contributed by atoms with Gasteiger partial charge in [-0.15, -0.1) is 5.10 Å². The maximum absolute atomic E-state index is 12.2. The van der Waals surface area contributed by atoms with Crippen molar-refractivity contribution in [3.05, 3.63) is 47.5 Å². The number of aryl methyl sites for hydroxylation is 1. The average Bonchev–Trinajstić information content (AvgIpc) is 2.85. The van der Waals surface area contributed by atoms with E-state index in [0.717, 1.165) is 5.56 Å². The van der Waals surface area contributed by atoms with E-state index in [9.17, 15) is 4.79 Å². The van der Waals surface area contributed by atoms with E-state index in [1.807, 2.05) is 36.4 Å². The second-order valence-corrected chi connectivity index (χ2v) is 4.05. The number of hydrogen-bond donors (Lipinski definition) is 1. The first-order valence-electron chi connectivity index (χ1n) is 5.80. The second-order valence-electron chi connectivity index (χ2n) is 4.05. The van der Waals surface area contributed by atoms with Gasteiger partial charge in [-0.3, -0.25) is 9.89 Å². The quantitative estimate of drug-likeness (QED) is 0.834. The molecule has 0 saturated heterocycles. The van der Waals surface area contributed by atoms with E-state index in [-0.39, 0.29) is 18.3 Å². The molecule has 1 aromatic carbocycles. The van der Waals surface area contributed by atoms with Crippen molar-refractivity contribution in [2.75, 3.05) is 6.54 Å². The molecule has 0 fully saturated rings. The fourth-order valence-corrected chi connectivity index (χ4v) is 1.67. The molecule has 96 valence electrons. The summed E-state index contributed by atoms with van der Waals surface area (Å²) in [6.07, 6.45) is 0. The third-order valence-electron chi connectivity index (χ3n) is 2.55. The molecule has 0 aliphatic heterocycles. The van der Waals surface area contributed by atoms with E-state index in [2.05, 4.69) is 15.2 Å². The zero-order chi connectivity index (χ0) is 13.7. The summed E-state index contributed by atoms with van der Waals surface area (Å²) in [4.78, 5) is 17.6. The predicted octanol–water partition coefficient (Wildman–Crippen LogP) is 1.28. The van der Waals surface area contributed by atoms with Crippen LogP contribution in [0.2, 0.25) is 0 Å². The number of rotatable bonds is 4. The van der Waals surface area contributed by atoms with Gasteiger partial charge in [0.1, 0.15) is 12.4 Å². The first-order valence-corrected chi connectivity index (χ1v) is 5.80. The van der Waals surface area contributed by atoms with E-state index in [4.69, 9.17) is 5.26 Å². The molecule has 1 amide bonds. The highest BCUT2D eigenvalue weighted by Gasteiger charge is 2.19. The first-order chi connectivity index (χ1) is 9.20. The molecule has 6 nitrogen and oxygen atoms in total. The summed E-state index contributed by atoms with van der Waals surface area (Å²) in [5.74, 6) is 0.304. The summed E-state index contributed by atoms with van der Waals surface area (Å²) >= 11 is 0. The van der Waals surface area contributed by atoms with Crippen molar-refractivity contribution in [2.45, 2.75) is 13.5 Å². The Morgan fingerprint density at radius 1 is 1.42 bits per heavy atom. The van der Waals surface area contributed by atoms with Gasteiger partial charge in [0.15, 0.2) is 0 Å². The maximum Gasteiger partial charge on any atom is 0.294 e. The molecule has 19 heavy (non-hydrogen) atoms. The van der Waals surface area contributed by atoms with E-state index in [1.165, 1.54) is 4.90 Å². The highest BCUT2D eigenvalue weighted by Crippen LogP contribution is 2.07. The van der Waals surface area contributed by atoms with E-state index in [0.29, 0.717) is 12.4 Å². The zero-order valence-electron chi connectivity index (χ0n) is 10.5. The van der Waals surface area contributed by atoms with Crippen molar-refractivity contribution >= 4 is 5.91 Å². The van der Waals surface area contributed by atoms with E-state index < -0.39 is 0 Å². The number of benzene rings is 1. The topological polar surface area (TPSA) is 85.7 Å². The van der Waals surface area contributed by atoms with Gasteiger partial charge in [0, 0.05) is 6.54 Å². The Balaban J connectivity index is 2.16. The molecule has 6 heteroatoms. The lowest BCUT2D eigenvalue weighted by Gasteiger charge is -2.17. The number of nitriles is 1. The molecule has 2 rings (SSSR count). The Morgan fingerprint density at radius 3 is 2.74 bits per heavy atom. The number of nitrogens with one attached hydrogen (secondary N) is 1. The van der Waals surface area contributed by atoms with Crippen molar-refractivity contribution in [1.29, 1.82) is 5.26 Å². The maximum atomic E-state index is 12.2. The van der Waals surface area contributed by atoms with E-state index >= 15 is 0 Å². The molecule has 0 spiro atoms. The summed E-state index contributed by atoms with van der Waals surface area (Å²) < 4.78 is 0. The number of carbonyl (C=O) groups excluding carboxylic acids is 1. The molecule has 1 aromatic heterocycles. The van der Waals surface area contributed by atoms with Gasteiger partial charge >= 0.3 is 0 Å². The van der Waals surface area contributed by atoms with Gasteiger partial charge < -0.3 is 4.90 Å². The van der Waals surface area contributed by atoms with Crippen molar-refractivity contribution in [1.82, 2.24) is 20.1 Å². The molecule has 2 aromatic rings. The zero-order valence-corrected chi connectivity index (χ0v) is 10.5. The molecule has 0 aliphatic carbocycles. The van der Waals surface area contributed by atoms with Crippen molar-refractivity contribution < 1.29 is 4.79 Å². The minimum Gasteiger partial charge on any atom is -0.318 e. The van der Waals surface area contributed by atoms with Gasteiger partial charge in [0.2, 0.25) is 5.82 Å². The highest BCUT2D eigenvalue weighted by molar-refractivity contribution is 5.90. The molecule has 0 aliphatic rings. The lowest BCUT2D eigenvalue weighted by atomic mass is 10.2. The van der Waals surface area contributed by atoms with Crippen LogP contribution in [0.5, 0.6) is 0 Å². The number of hydrogen-bond acceptors (Lipinski definition) is 4. The third-order valence-corrected chi connectivity index (χ3v) is 2.55. The Labute approximate surface area is 110 Å². The van der Waals surface area contributed by atoms with Crippen molar-refractivity contribution in [2.24, 2.45) is 0 Å². The predicted molar refractivity (Wildman–Crippen MR) is 67.9 cm³/mol. The molecular formula is C13H13N5O. The molecule has 0 atom stereocenters. The molecule has 0 radical (unpaired) electrons. The fraction of sp³-hybridized carbons (Fsp3) is 0.231. The summed E-state index contributed by atoms with van der Waals surface area (Å²) in [7, 11) is 0. The minimum absolute atomic E-state index is 0.00130. The SMILES string of the molecule is Cc1nc(C(=O)N(CC#N)Cc2ccccc2)n[nH]1. The van der Waals surface area contributed by atoms with Crippen LogP contribution in [0.25, 0.3) is 0 Å². The van der Waals surface area contributed by atoms with Gasteiger partial charge in [-0.05, 0) is 12.5 Å². The van der Waals surface area contributed by atoms with Crippen molar-refractivity contribution in [3.63, 3.8) is 0 Å². The largest absolute Gasteiger partial charge is 0.318 e. The molecule has 1 N–H and O–H groups in total. The van der Waals surface area contributed by atoms with Crippen LogP contribution >= 0.6 is 0 Å². The van der Waals surface area contributed by atoms with Gasteiger partial charge in [-0.1, -0.05) is 30.3 Å². The number of nitrogens with zero attached hydrogens (tertiary/aromatic N) is 4. The minimum atomic E-state index is -0.352. The van der Waals surface area contributed by atoms with Crippen LogP contribution in [0.4, 0.5) is 0 Å². The Hall–Kier alpha value is -2.68. The molecular weight excluding hydrogens is 242 g/mol. The Kier molecular flexibility index (Phi) is 3.88. The second kappa shape index (κ2) is 5.78. The van der Waals surface area contributed by atoms with Crippen LogP contribution < -0.4 is 0 Å². The summed E-state index contributed by atoms with van der Waals surface area (Å²) in [6.45, 7) is 2.08. The van der Waals surface area contributed by atoms with Gasteiger partial charge in [-0.25, -0.2) is 4.98 Å². The van der Waals surface area contributed by atoms with E-state index in [1.54, 1.807) is 6.92 Å². The van der Waals surface area contributed by atoms with Crippen molar-refractivity contribution in [3.8, 4) is 6.07 Å². The van der Waals surface area contributed by atoms with Crippen LogP contribution in [-0.4, -0.2) is 32.5 Å². The van der Waals surface area contributed by atoms with Crippen LogP contribution in [-0.2, 0) is 6.54 Å². The fourth-order valence-electron chi connectivity index (χ4n) is 1.67. The smallest absolute Gasteiger partial charge is 0.294 e. The molecule has 0 unspecified atom stereocenters. The number of H-pyrrole nitrogens is 1. The lowest BCUT2D eigenvalue weighted by molar-refractivity contribution is 0.0753. The summed E-state index contributed by atoms with van der Waals surface area (Å²) in [6, 6.07) is 11.5. The normalized spacial score (nSPS) is 9.89. The monoisotopic (exact) mass is 255 g/mol. The van der Waals surface area contributed by atoms with Gasteiger partial charge in [0.05, 0.1) is 6.07 Å². The molecule has 0 bridgehead atoms. The van der Waals surface area contributed by atoms with Crippen LogP contribution in [0.3, 0.4) is 0 Å². The summed E-state index contributed by atoms with van der Waals surface area (Å²) in [5.41, 5.74) is 0.957. The third kappa shape index (κ3) is 3.16. The molecule has 0 saturated carbocycles. The Morgan fingerprint density at radius 2 is 2.16 bits per heavy atom.